The highest BCUT2D eigenvalue weighted by atomic mass is 16.5. The third-order valence-corrected chi connectivity index (χ3v) is 5.72. The van der Waals surface area contributed by atoms with E-state index in [1.807, 2.05) is 60.7 Å². The zero-order chi connectivity index (χ0) is 22.5. The molecule has 1 aliphatic rings. The number of benzene rings is 2. The maximum Gasteiger partial charge on any atom is 0.309 e. The molecule has 2 aromatic carbocycles. The van der Waals surface area contributed by atoms with E-state index in [0.29, 0.717) is 38.2 Å². The Morgan fingerprint density at radius 3 is 2.34 bits per heavy atom. The van der Waals surface area contributed by atoms with Crippen molar-refractivity contribution in [2.75, 3.05) is 26.8 Å². The van der Waals surface area contributed by atoms with Gasteiger partial charge in [0.2, 0.25) is 0 Å². The Morgan fingerprint density at radius 2 is 1.72 bits per heavy atom. The molecule has 0 radical (unpaired) electrons. The number of carbonyl (C=O) groups is 2. The van der Waals surface area contributed by atoms with Crippen LogP contribution < -0.4 is 4.74 Å². The summed E-state index contributed by atoms with van der Waals surface area (Å²) in [6.07, 6.45) is 1.21. The van der Waals surface area contributed by atoms with Crippen LogP contribution in [0, 0.1) is 5.92 Å². The van der Waals surface area contributed by atoms with Gasteiger partial charge in [0.25, 0.3) is 5.91 Å². The molecular weight excluding hydrogens is 406 g/mol. The molecule has 7 heteroatoms. The maximum absolute atomic E-state index is 13.5. The van der Waals surface area contributed by atoms with E-state index < -0.39 is 0 Å². The van der Waals surface area contributed by atoms with Crippen molar-refractivity contribution in [1.82, 2.24) is 14.7 Å². The summed E-state index contributed by atoms with van der Waals surface area (Å²) in [6.45, 7) is 3.20. The molecular formula is C25H27N3O4. The number of rotatable bonds is 6. The maximum atomic E-state index is 13.5. The van der Waals surface area contributed by atoms with E-state index in [1.54, 1.807) is 23.6 Å². The van der Waals surface area contributed by atoms with Crippen LogP contribution in [0.1, 0.15) is 30.3 Å². The van der Waals surface area contributed by atoms with E-state index >= 15 is 0 Å². The Hall–Kier alpha value is -3.61. The van der Waals surface area contributed by atoms with Crippen LogP contribution in [0.5, 0.6) is 5.75 Å². The third-order valence-electron chi connectivity index (χ3n) is 5.72. The Bertz CT molecular complexity index is 1070. The summed E-state index contributed by atoms with van der Waals surface area (Å²) < 4.78 is 12.1. The summed E-state index contributed by atoms with van der Waals surface area (Å²) in [6, 6.07) is 19.1. The lowest BCUT2D eigenvalue weighted by Crippen LogP contribution is -2.41. The Balaban J connectivity index is 1.62. The first-order valence-corrected chi connectivity index (χ1v) is 10.9. The molecule has 0 aliphatic carbocycles. The van der Waals surface area contributed by atoms with Gasteiger partial charge >= 0.3 is 5.97 Å². The summed E-state index contributed by atoms with van der Waals surface area (Å²) >= 11 is 0. The van der Waals surface area contributed by atoms with Crippen LogP contribution >= 0.6 is 0 Å². The van der Waals surface area contributed by atoms with E-state index in [1.165, 1.54) is 0 Å². The SMILES string of the molecule is CCOC(=O)C1CCN(C(=O)c2cc(-c3ccccc3)nn2-c2ccc(OC)cc2)CC1. The number of piperidine rings is 1. The van der Waals surface area contributed by atoms with Crippen LogP contribution in [-0.2, 0) is 9.53 Å². The second kappa shape index (κ2) is 9.68. The fraction of sp³-hybridized carbons (Fsp3) is 0.320. The Kier molecular flexibility index (Phi) is 6.54. The number of carbonyl (C=O) groups excluding carboxylic acids is 2. The average Bonchev–Trinajstić information content (AvgIpc) is 3.30. The van der Waals surface area contributed by atoms with Gasteiger partial charge in [-0.05, 0) is 50.1 Å². The van der Waals surface area contributed by atoms with Gasteiger partial charge in [-0.1, -0.05) is 30.3 Å². The molecule has 1 aromatic heterocycles. The Morgan fingerprint density at radius 1 is 1.03 bits per heavy atom. The minimum Gasteiger partial charge on any atom is -0.497 e. The molecule has 0 N–H and O–H groups in total. The van der Waals surface area contributed by atoms with Crippen LogP contribution in [0.4, 0.5) is 0 Å². The number of ether oxygens (including phenoxy) is 2. The summed E-state index contributed by atoms with van der Waals surface area (Å²) in [5.41, 5.74) is 2.93. The fourth-order valence-corrected chi connectivity index (χ4v) is 3.94. The van der Waals surface area contributed by atoms with Crippen LogP contribution in [0.15, 0.2) is 60.7 Å². The lowest BCUT2D eigenvalue weighted by Gasteiger charge is -2.30. The van der Waals surface area contributed by atoms with Crippen molar-refractivity contribution in [2.24, 2.45) is 5.92 Å². The highest BCUT2D eigenvalue weighted by molar-refractivity contribution is 5.94. The quantitative estimate of drug-likeness (QED) is 0.550. The van der Waals surface area contributed by atoms with Gasteiger partial charge in [-0.3, -0.25) is 9.59 Å². The second-order valence-electron chi connectivity index (χ2n) is 7.71. The minimum absolute atomic E-state index is 0.0993. The van der Waals surface area contributed by atoms with Crippen LogP contribution in [0.25, 0.3) is 16.9 Å². The molecule has 1 amide bonds. The number of aromatic nitrogens is 2. The molecule has 1 saturated heterocycles. The van der Waals surface area contributed by atoms with Gasteiger partial charge in [0.05, 0.1) is 31.0 Å². The van der Waals surface area contributed by atoms with Gasteiger partial charge in [0.1, 0.15) is 11.4 Å². The molecule has 0 saturated carbocycles. The Labute approximate surface area is 187 Å². The zero-order valence-corrected chi connectivity index (χ0v) is 18.4. The van der Waals surface area contributed by atoms with Crippen LogP contribution in [0.2, 0.25) is 0 Å². The summed E-state index contributed by atoms with van der Waals surface area (Å²) in [4.78, 5) is 27.3. The molecule has 0 atom stereocenters. The molecule has 0 unspecified atom stereocenters. The van der Waals surface area contributed by atoms with Crippen molar-refractivity contribution in [1.29, 1.82) is 0 Å². The number of likely N-dealkylation sites (tertiary alicyclic amines) is 1. The largest absolute Gasteiger partial charge is 0.497 e. The van der Waals surface area contributed by atoms with E-state index in [9.17, 15) is 9.59 Å². The van der Waals surface area contributed by atoms with Crippen molar-refractivity contribution in [3.8, 4) is 22.7 Å². The lowest BCUT2D eigenvalue weighted by molar-refractivity contribution is -0.149. The van der Waals surface area contributed by atoms with Gasteiger partial charge in [-0.25, -0.2) is 4.68 Å². The van der Waals surface area contributed by atoms with Crippen molar-refractivity contribution < 1.29 is 19.1 Å². The van der Waals surface area contributed by atoms with Gasteiger partial charge in [0, 0.05) is 18.7 Å². The highest BCUT2D eigenvalue weighted by Gasteiger charge is 2.30. The first-order valence-electron chi connectivity index (χ1n) is 10.9. The number of nitrogens with zero attached hydrogens (tertiary/aromatic N) is 3. The van der Waals surface area contributed by atoms with Crippen molar-refractivity contribution in [3.63, 3.8) is 0 Å². The number of hydrogen-bond donors (Lipinski definition) is 0. The topological polar surface area (TPSA) is 73.7 Å². The molecule has 4 rings (SSSR count). The lowest BCUT2D eigenvalue weighted by atomic mass is 9.97. The van der Waals surface area contributed by atoms with Crippen molar-refractivity contribution >= 4 is 11.9 Å². The minimum atomic E-state index is -0.172. The number of esters is 1. The molecule has 0 spiro atoms. The van der Waals surface area contributed by atoms with E-state index in [4.69, 9.17) is 14.6 Å². The molecule has 1 fully saturated rings. The number of hydrogen-bond acceptors (Lipinski definition) is 5. The van der Waals surface area contributed by atoms with Crippen LogP contribution in [-0.4, -0.2) is 53.4 Å². The van der Waals surface area contributed by atoms with Crippen molar-refractivity contribution in [3.05, 3.63) is 66.4 Å². The second-order valence-corrected chi connectivity index (χ2v) is 7.71. The monoisotopic (exact) mass is 433 g/mol. The van der Waals surface area contributed by atoms with Gasteiger partial charge in [0.15, 0.2) is 0 Å². The molecule has 2 heterocycles. The molecule has 3 aromatic rings. The van der Waals surface area contributed by atoms with Gasteiger partial charge in [-0.15, -0.1) is 0 Å². The molecule has 1 aliphatic heterocycles. The predicted octanol–water partition coefficient (Wildman–Crippen LogP) is 3.96. The highest BCUT2D eigenvalue weighted by Crippen LogP contribution is 2.26. The summed E-state index contributed by atoms with van der Waals surface area (Å²) in [5.74, 6) is 0.315. The zero-order valence-electron chi connectivity index (χ0n) is 18.4. The van der Waals surface area contributed by atoms with Crippen LogP contribution in [0.3, 0.4) is 0 Å². The van der Waals surface area contributed by atoms with Crippen molar-refractivity contribution in [2.45, 2.75) is 19.8 Å². The standard InChI is InChI=1S/C25H27N3O4/c1-3-32-25(30)19-13-15-27(16-14-19)24(29)23-17-22(18-7-5-4-6-8-18)26-28(23)20-9-11-21(31-2)12-10-20/h4-12,17,19H,3,13-16H2,1-2H3. The van der Waals surface area contributed by atoms with Gasteiger partial charge in [-0.2, -0.15) is 5.10 Å². The summed E-state index contributed by atoms with van der Waals surface area (Å²) in [7, 11) is 1.62. The summed E-state index contributed by atoms with van der Waals surface area (Å²) in [5, 5.41) is 4.74. The molecule has 7 nitrogen and oxygen atoms in total. The van der Waals surface area contributed by atoms with E-state index in [0.717, 1.165) is 22.7 Å². The third kappa shape index (κ3) is 4.51. The first kappa shape index (κ1) is 21.6. The predicted molar refractivity (Wildman–Crippen MR) is 121 cm³/mol. The molecule has 166 valence electrons. The molecule has 0 bridgehead atoms. The normalized spacial score (nSPS) is 14.2. The smallest absolute Gasteiger partial charge is 0.309 e. The van der Waals surface area contributed by atoms with E-state index in [-0.39, 0.29) is 17.8 Å². The van der Waals surface area contributed by atoms with E-state index in [2.05, 4.69) is 0 Å². The number of methoxy groups -OCH3 is 1. The fourth-order valence-electron chi connectivity index (χ4n) is 3.94. The first-order chi connectivity index (χ1) is 15.6. The molecule has 32 heavy (non-hydrogen) atoms. The van der Waals surface area contributed by atoms with Gasteiger partial charge < -0.3 is 14.4 Å². The number of amides is 1. The average molecular weight is 434 g/mol.